The van der Waals surface area contributed by atoms with Gasteiger partial charge in [0.2, 0.25) is 0 Å². The number of anilines is 1. The molecule has 1 aliphatic heterocycles. The van der Waals surface area contributed by atoms with Crippen molar-refractivity contribution in [2.24, 2.45) is 11.7 Å². The fourth-order valence-electron chi connectivity index (χ4n) is 3.23. The number of likely N-dealkylation sites (tertiary alicyclic amines) is 1. The van der Waals surface area contributed by atoms with Gasteiger partial charge in [0, 0.05) is 46.0 Å². The second-order valence-electron chi connectivity index (χ2n) is 6.33. The predicted molar refractivity (Wildman–Crippen MR) is 91.0 cm³/mol. The molecule has 1 aromatic rings. The van der Waals surface area contributed by atoms with Crippen molar-refractivity contribution in [3.05, 3.63) is 23.9 Å². The highest BCUT2D eigenvalue weighted by molar-refractivity contribution is 5.38. The van der Waals surface area contributed by atoms with Crippen molar-refractivity contribution in [3.63, 3.8) is 0 Å². The second-order valence-corrected chi connectivity index (χ2v) is 6.33. The van der Waals surface area contributed by atoms with Gasteiger partial charge in [-0.3, -0.25) is 4.90 Å². The Morgan fingerprint density at radius 3 is 2.91 bits per heavy atom. The summed E-state index contributed by atoms with van der Waals surface area (Å²) in [5.74, 6) is 1.68. The number of nitrogens with zero attached hydrogens (tertiary/aromatic N) is 3. The summed E-state index contributed by atoms with van der Waals surface area (Å²) in [5.41, 5.74) is 7.23. The maximum Gasteiger partial charge on any atom is 0.128 e. The largest absolute Gasteiger partial charge is 0.383 e. The maximum absolute atomic E-state index is 5.97. The fraction of sp³-hybridized carbons (Fsp3) is 0.706. The molecule has 2 heterocycles. The second kappa shape index (κ2) is 8.46. The number of nitrogens with two attached hydrogens (primary N) is 1. The van der Waals surface area contributed by atoms with Crippen molar-refractivity contribution in [3.8, 4) is 0 Å². The number of hydrogen-bond acceptors (Lipinski definition) is 5. The minimum Gasteiger partial charge on any atom is -0.383 e. The lowest BCUT2D eigenvalue weighted by atomic mass is 9.90. The van der Waals surface area contributed by atoms with Gasteiger partial charge in [0.25, 0.3) is 0 Å². The lowest BCUT2D eigenvalue weighted by Gasteiger charge is -2.39. The molecular formula is C17H30N4O. The standard InChI is InChI=1S/C17H30N4O/c1-14-5-4-8-21(16(14)11-18)13-15-6-7-17(19-12-15)20(2)9-10-22-3/h6-7,12,14,16H,4-5,8-11,13,18H2,1-3H3. The van der Waals surface area contributed by atoms with Crippen LogP contribution in [0.25, 0.3) is 0 Å². The fourth-order valence-corrected chi connectivity index (χ4v) is 3.23. The van der Waals surface area contributed by atoms with E-state index in [1.54, 1.807) is 7.11 Å². The van der Waals surface area contributed by atoms with Crippen molar-refractivity contribution in [1.82, 2.24) is 9.88 Å². The molecular weight excluding hydrogens is 276 g/mol. The molecule has 2 rings (SSSR count). The lowest BCUT2D eigenvalue weighted by molar-refractivity contribution is 0.0990. The maximum atomic E-state index is 5.97. The first-order valence-corrected chi connectivity index (χ1v) is 8.24. The van der Waals surface area contributed by atoms with E-state index in [9.17, 15) is 0 Å². The Morgan fingerprint density at radius 2 is 2.27 bits per heavy atom. The summed E-state index contributed by atoms with van der Waals surface area (Å²) in [6, 6.07) is 4.77. The van der Waals surface area contributed by atoms with Crippen LogP contribution in [0.4, 0.5) is 5.82 Å². The smallest absolute Gasteiger partial charge is 0.128 e. The third-order valence-electron chi connectivity index (χ3n) is 4.69. The van der Waals surface area contributed by atoms with Crippen LogP contribution in [0.2, 0.25) is 0 Å². The van der Waals surface area contributed by atoms with Crippen LogP contribution in [0.15, 0.2) is 18.3 Å². The quantitative estimate of drug-likeness (QED) is 0.831. The highest BCUT2D eigenvalue weighted by atomic mass is 16.5. The van der Waals surface area contributed by atoms with Crippen LogP contribution in [0, 0.1) is 5.92 Å². The van der Waals surface area contributed by atoms with Crippen molar-refractivity contribution in [1.29, 1.82) is 0 Å². The molecule has 0 amide bonds. The molecule has 22 heavy (non-hydrogen) atoms. The number of pyridine rings is 1. The van der Waals surface area contributed by atoms with Gasteiger partial charge in [0.05, 0.1) is 6.61 Å². The molecule has 0 bridgehead atoms. The molecule has 0 spiro atoms. The Labute approximate surface area is 134 Å². The van der Waals surface area contributed by atoms with Gasteiger partial charge in [-0.2, -0.15) is 0 Å². The number of rotatable bonds is 7. The Kier molecular flexibility index (Phi) is 6.61. The van der Waals surface area contributed by atoms with E-state index >= 15 is 0 Å². The van der Waals surface area contributed by atoms with Crippen LogP contribution in [-0.4, -0.2) is 56.3 Å². The van der Waals surface area contributed by atoms with Gasteiger partial charge in [0.15, 0.2) is 0 Å². The Balaban J connectivity index is 1.95. The average Bonchev–Trinajstić information content (AvgIpc) is 2.53. The normalized spacial score (nSPS) is 22.7. The summed E-state index contributed by atoms with van der Waals surface area (Å²) in [6.45, 7) is 6.71. The van der Waals surface area contributed by atoms with Crippen LogP contribution in [0.1, 0.15) is 25.3 Å². The van der Waals surface area contributed by atoms with Crippen LogP contribution in [-0.2, 0) is 11.3 Å². The zero-order valence-electron chi connectivity index (χ0n) is 14.2. The number of hydrogen-bond donors (Lipinski definition) is 1. The molecule has 2 unspecified atom stereocenters. The van der Waals surface area contributed by atoms with Crippen LogP contribution in [0.3, 0.4) is 0 Å². The van der Waals surface area contributed by atoms with Gasteiger partial charge in [-0.15, -0.1) is 0 Å². The third-order valence-corrected chi connectivity index (χ3v) is 4.69. The topological polar surface area (TPSA) is 54.6 Å². The predicted octanol–water partition coefficient (Wildman–Crippen LogP) is 1.72. The molecule has 124 valence electrons. The molecule has 0 radical (unpaired) electrons. The molecule has 1 fully saturated rings. The zero-order valence-corrected chi connectivity index (χ0v) is 14.2. The van der Waals surface area contributed by atoms with Crippen LogP contribution >= 0.6 is 0 Å². The van der Waals surface area contributed by atoms with E-state index in [1.807, 2.05) is 13.2 Å². The van der Waals surface area contributed by atoms with Crippen molar-refractivity contribution in [2.45, 2.75) is 32.4 Å². The number of aromatic nitrogens is 1. The Morgan fingerprint density at radius 1 is 1.45 bits per heavy atom. The SMILES string of the molecule is COCCN(C)c1ccc(CN2CCCC(C)C2CN)cn1. The van der Waals surface area contributed by atoms with E-state index in [0.29, 0.717) is 18.6 Å². The summed E-state index contributed by atoms with van der Waals surface area (Å²) < 4.78 is 5.10. The number of methoxy groups -OCH3 is 1. The molecule has 0 aromatic carbocycles. The van der Waals surface area contributed by atoms with E-state index in [0.717, 1.165) is 32.0 Å². The molecule has 1 aromatic heterocycles. The van der Waals surface area contributed by atoms with Gasteiger partial charge >= 0.3 is 0 Å². The zero-order chi connectivity index (χ0) is 15.9. The van der Waals surface area contributed by atoms with E-state index in [1.165, 1.54) is 18.4 Å². The first kappa shape index (κ1) is 17.2. The van der Waals surface area contributed by atoms with Gasteiger partial charge in [-0.25, -0.2) is 4.98 Å². The lowest BCUT2D eigenvalue weighted by Crippen LogP contribution is -2.48. The number of likely N-dealkylation sites (N-methyl/N-ethyl adjacent to an activating group) is 1. The minimum atomic E-state index is 0.498. The van der Waals surface area contributed by atoms with Gasteiger partial charge in [-0.1, -0.05) is 13.0 Å². The molecule has 1 aliphatic rings. The van der Waals surface area contributed by atoms with Crippen molar-refractivity contribution < 1.29 is 4.74 Å². The van der Waals surface area contributed by atoms with Gasteiger partial charge < -0.3 is 15.4 Å². The number of ether oxygens (including phenoxy) is 1. The molecule has 1 saturated heterocycles. The molecule has 2 atom stereocenters. The summed E-state index contributed by atoms with van der Waals surface area (Å²) in [4.78, 5) is 9.20. The van der Waals surface area contributed by atoms with E-state index in [4.69, 9.17) is 10.5 Å². The molecule has 0 aliphatic carbocycles. The number of piperidine rings is 1. The van der Waals surface area contributed by atoms with Gasteiger partial charge in [-0.05, 0) is 36.9 Å². The monoisotopic (exact) mass is 306 g/mol. The van der Waals surface area contributed by atoms with Crippen molar-refractivity contribution >= 4 is 5.82 Å². The Bertz CT molecular complexity index is 437. The minimum absolute atomic E-state index is 0.498. The molecule has 5 heteroatoms. The average molecular weight is 306 g/mol. The first-order chi connectivity index (χ1) is 10.7. The van der Waals surface area contributed by atoms with E-state index < -0.39 is 0 Å². The summed E-state index contributed by atoms with van der Waals surface area (Å²) >= 11 is 0. The van der Waals surface area contributed by atoms with Crippen LogP contribution in [0.5, 0.6) is 0 Å². The first-order valence-electron chi connectivity index (χ1n) is 8.24. The van der Waals surface area contributed by atoms with Gasteiger partial charge in [0.1, 0.15) is 5.82 Å². The van der Waals surface area contributed by atoms with E-state index in [-0.39, 0.29) is 0 Å². The van der Waals surface area contributed by atoms with Crippen molar-refractivity contribution in [2.75, 3.05) is 45.3 Å². The molecule has 5 nitrogen and oxygen atoms in total. The van der Waals surface area contributed by atoms with E-state index in [2.05, 4.69) is 33.8 Å². The summed E-state index contributed by atoms with van der Waals surface area (Å²) in [6.07, 6.45) is 4.55. The molecule has 2 N–H and O–H groups in total. The summed E-state index contributed by atoms with van der Waals surface area (Å²) in [7, 11) is 3.76. The third kappa shape index (κ3) is 4.41. The highest BCUT2D eigenvalue weighted by Gasteiger charge is 2.27. The Hall–Kier alpha value is -1.17. The molecule has 0 saturated carbocycles. The highest BCUT2D eigenvalue weighted by Crippen LogP contribution is 2.24. The van der Waals surface area contributed by atoms with Crippen LogP contribution < -0.4 is 10.6 Å². The summed E-state index contributed by atoms with van der Waals surface area (Å²) in [5, 5.41) is 0.